The zero-order valence-corrected chi connectivity index (χ0v) is 13.4. The number of aryl methyl sites for hydroxylation is 1. The maximum atomic E-state index is 12.3. The highest BCUT2D eigenvalue weighted by atomic mass is 16.5. The van der Waals surface area contributed by atoms with Crippen molar-refractivity contribution in [1.82, 2.24) is 9.55 Å². The van der Waals surface area contributed by atoms with Gasteiger partial charge in [0.15, 0.2) is 5.82 Å². The van der Waals surface area contributed by atoms with Crippen LogP contribution in [0.5, 0.6) is 0 Å². The monoisotopic (exact) mass is 293 g/mol. The summed E-state index contributed by atoms with van der Waals surface area (Å²) in [6, 6.07) is 0.260. The van der Waals surface area contributed by atoms with Crippen molar-refractivity contribution in [3.8, 4) is 0 Å². The molecule has 1 fully saturated rings. The summed E-state index contributed by atoms with van der Waals surface area (Å²) < 4.78 is 7.70. The number of nitrogens with zero attached hydrogens (tertiary/aromatic N) is 2. The highest BCUT2D eigenvalue weighted by Crippen LogP contribution is 2.32. The van der Waals surface area contributed by atoms with E-state index in [1.807, 2.05) is 0 Å². The van der Waals surface area contributed by atoms with Crippen LogP contribution in [0.2, 0.25) is 0 Å². The lowest BCUT2D eigenvalue weighted by Gasteiger charge is -2.40. The van der Waals surface area contributed by atoms with E-state index in [-0.39, 0.29) is 17.2 Å². The number of nitrogens with one attached hydrogen (secondary N) is 1. The molecule has 0 saturated carbocycles. The van der Waals surface area contributed by atoms with Gasteiger partial charge in [0.1, 0.15) is 0 Å². The van der Waals surface area contributed by atoms with Gasteiger partial charge in [-0.1, -0.05) is 20.8 Å². The molecular formula is C16H27N3O2. The first-order chi connectivity index (χ1) is 10.1. The molecule has 5 heteroatoms. The molecule has 0 amide bonds. The number of rotatable bonds is 6. The third-order valence-electron chi connectivity index (χ3n) is 4.50. The fourth-order valence-electron chi connectivity index (χ4n) is 3.05. The van der Waals surface area contributed by atoms with Crippen LogP contribution in [0.1, 0.15) is 52.9 Å². The van der Waals surface area contributed by atoms with Crippen molar-refractivity contribution in [2.75, 3.05) is 11.9 Å². The molecule has 21 heavy (non-hydrogen) atoms. The van der Waals surface area contributed by atoms with E-state index in [2.05, 4.69) is 31.1 Å². The SMILES string of the molecule is CCCn1ccnc(NC2CCOC(CC)(CC)C2)c1=O. The quantitative estimate of drug-likeness (QED) is 0.876. The molecule has 1 aromatic rings. The number of hydrogen-bond donors (Lipinski definition) is 1. The summed E-state index contributed by atoms with van der Waals surface area (Å²) in [5, 5.41) is 3.35. The van der Waals surface area contributed by atoms with Crippen molar-refractivity contribution in [2.45, 2.75) is 71.1 Å². The van der Waals surface area contributed by atoms with Gasteiger partial charge in [-0.3, -0.25) is 4.79 Å². The predicted molar refractivity (Wildman–Crippen MR) is 84.7 cm³/mol. The Bertz CT molecular complexity index is 508. The molecule has 0 aliphatic carbocycles. The lowest BCUT2D eigenvalue weighted by Crippen LogP contribution is -2.44. The van der Waals surface area contributed by atoms with Crippen LogP contribution in [0, 0.1) is 0 Å². The second-order valence-corrected chi connectivity index (χ2v) is 5.85. The molecule has 1 saturated heterocycles. The Balaban J connectivity index is 2.11. The van der Waals surface area contributed by atoms with E-state index < -0.39 is 0 Å². The summed E-state index contributed by atoms with van der Waals surface area (Å²) in [6.07, 6.45) is 8.26. The second kappa shape index (κ2) is 7.07. The standard InChI is InChI=1S/C16H27N3O2/c1-4-9-19-10-8-17-14(15(19)20)18-13-7-11-21-16(5-2,6-3)12-13/h8,10,13H,4-7,9,11-12H2,1-3H3,(H,17,18). The Hall–Kier alpha value is -1.36. The fourth-order valence-corrected chi connectivity index (χ4v) is 3.05. The first kappa shape index (κ1) is 16.0. The van der Waals surface area contributed by atoms with Crippen molar-refractivity contribution < 1.29 is 4.74 Å². The number of ether oxygens (including phenoxy) is 1. The molecule has 0 aromatic carbocycles. The van der Waals surface area contributed by atoms with Crippen LogP contribution in [0.25, 0.3) is 0 Å². The topological polar surface area (TPSA) is 56.1 Å². The van der Waals surface area contributed by atoms with E-state index in [1.165, 1.54) is 0 Å². The van der Waals surface area contributed by atoms with Gasteiger partial charge in [0.25, 0.3) is 5.56 Å². The molecule has 1 aliphatic heterocycles. The third kappa shape index (κ3) is 3.64. The Morgan fingerprint density at radius 3 is 2.86 bits per heavy atom. The third-order valence-corrected chi connectivity index (χ3v) is 4.50. The maximum absolute atomic E-state index is 12.3. The molecule has 0 radical (unpaired) electrons. The molecule has 0 spiro atoms. The van der Waals surface area contributed by atoms with E-state index in [4.69, 9.17) is 4.74 Å². The fraction of sp³-hybridized carbons (Fsp3) is 0.750. The first-order valence-corrected chi connectivity index (χ1v) is 8.10. The zero-order chi connectivity index (χ0) is 15.3. The van der Waals surface area contributed by atoms with Crippen molar-refractivity contribution in [2.24, 2.45) is 0 Å². The summed E-state index contributed by atoms with van der Waals surface area (Å²) in [5.41, 5.74) is -0.0721. The predicted octanol–water partition coefficient (Wildman–Crippen LogP) is 2.80. The largest absolute Gasteiger partial charge is 0.375 e. The Morgan fingerprint density at radius 1 is 1.43 bits per heavy atom. The summed E-state index contributed by atoms with van der Waals surface area (Å²) in [4.78, 5) is 16.6. The second-order valence-electron chi connectivity index (χ2n) is 5.85. The van der Waals surface area contributed by atoms with Crippen LogP contribution in [0.4, 0.5) is 5.82 Å². The average molecular weight is 293 g/mol. The summed E-state index contributed by atoms with van der Waals surface area (Å²) in [7, 11) is 0. The zero-order valence-electron chi connectivity index (χ0n) is 13.4. The summed E-state index contributed by atoms with van der Waals surface area (Å²) in [6.45, 7) is 7.88. The van der Waals surface area contributed by atoms with Crippen molar-refractivity contribution in [3.05, 3.63) is 22.7 Å². The highest BCUT2D eigenvalue weighted by Gasteiger charge is 2.34. The van der Waals surface area contributed by atoms with Crippen molar-refractivity contribution in [3.63, 3.8) is 0 Å². The lowest BCUT2D eigenvalue weighted by atomic mass is 9.86. The molecule has 1 aliphatic rings. The highest BCUT2D eigenvalue weighted by molar-refractivity contribution is 5.32. The molecule has 2 rings (SSSR count). The lowest BCUT2D eigenvalue weighted by molar-refractivity contribution is -0.0864. The normalized spacial score (nSPS) is 21.2. The van der Waals surface area contributed by atoms with E-state index in [1.54, 1.807) is 17.0 Å². The van der Waals surface area contributed by atoms with Crippen LogP contribution in [0.15, 0.2) is 17.2 Å². The molecule has 1 aromatic heterocycles. The molecule has 5 nitrogen and oxygen atoms in total. The van der Waals surface area contributed by atoms with Crippen molar-refractivity contribution in [1.29, 1.82) is 0 Å². The van der Waals surface area contributed by atoms with E-state index >= 15 is 0 Å². The van der Waals surface area contributed by atoms with Gasteiger partial charge in [-0.15, -0.1) is 0 Å². The van der Waals surface area contributed by atoms with Gasteiger partial charge in [-0.25, -0.2) is 4.98 Å². The van der Waals surface area contributed by atoms with Crippen LogP contribution < -0.4 is 10.9 Å². The van der Waals surface area contributed by atoms with Gasteiger partial charge in [0.05, 0.1) is 5.60 Å². The minimum absolute atomic E-state index is 0.0237. The van der Waals surface area contributed by atoms with E-state index in [9.17, 15) is 4.79 Å². The summed E-state index contributed by atoms with van der Waals surface area (Å²) >= 11 is 0. The average Bonchev–Trinajstić information content (AvgIpc) is 2.51. The summed E-state index contributed by atoms with van der Waals surface area (Å²) in [5.74, 6) is 0.471. The van der Waals surface area contributed by atoms with Crippen LogP contribution in [0.3, 0.4) is 0 Å². The molecular weight excluding hydrogens is 266 g/mol. The van der Waals surface area contributed by atoms with Crippen LogP contribution in [-0.4, -0.2) is 27.8 Å². The maximum Gasteiger partial charge on any atom is 0.293 e. The first-order valence-electron chi connectivity index (χ1n) is 8.10. The number of anilines is 1. The molecule has 118 valence electrons. The van der Waals surface area contributed by atoms with E-state index in [0.29, 0.717) is 5.82 Å². The van der Waals surface area contributed by atoms with E-state index in [0.717, 1.165) is 45.3 Å². The molecule has 1 atom stereocenters. The van der Waals surface area contributed by atoms with Crippen LogP contribution >= 0.6 is 0 Å². The van der Waals surface area contributed by atoms with Crippen molar-refractivity contribution >= 4 is 5.82 Å². The van der Waals surface area contributed by atoms with Gasteiger partial charge in [0.2, 0.25) is 0 Å². The minimum atomic E-state index is -0.0485. The molecule has 1 N–H and O–H groups in total. The van der Waals surface area contributed by atoms with Crippen LogP contribution in [-0.2, 0) is 11.3 Å². The van der Waals surface area contributed by atoms with Gasteiger partial charge in [0, 0.05) is 31.6 Å². The minimum Gasteiger partial charge on any atom is -0.375 e. The number of hydrogen-bond acceptors (Lipinski definition) is 4. The smallest absolute Gasteiger partial charge is 0.293 e. The Labute approximate surface area is 126 Å². The molecule has 2 heterocycles. The molecule has 1 unspecified atom stereocenters. The molecule has 0 bridgehead atoms. The number of aromatic nitrogens is 2. The van der Waals surface area contributed by atoms with Gasteiger partial charge < -0.3 is 14.6 Å². The van der Waals surface area contributed by atoms with Gasteiger partial charge in [-0.2, -0.15) is 0 Å². The van der Waals surface area contributed by atoms with Gasteiger partial charge >= 0.3 is 0 Å². The Kier molecular flexibility index (Phi) is 5.39. The van der Waals surface area contributed by atoms with Gasteiger partial charge in [-0.05, 0) is 32.1 Å². The Morgan fingerprint density at radius 2 is 2.19 bits per heavy atom.